The van der Waals surface area contributed by atoms with E-state index in [0.717, 1.165) is 5.82 Å². The van der Waals surface area contributed by atoms with E-state index in [4.69, 9.17) is 16.3 Å². The van der Waals surface area contributed by atoms with Gasteiger partial charge in [0.1, 0.15) is 16.2 Å². The Hall–Kier alpha value is -1.13. The normalized spacial score (nSPS) is 10.7. The Balaban J connectivity index is 2.26. The minimum Gasteiger partial charge on any atom is -0.439 e. The summed E-state index contributed by atoms with van der Waals surface area (Å²) in [6.07, 6.45) is 0. The Labute approximate surface area is 119 Å². The average Bonchev–Trinajstić information content (AvgIpc) is 2.31. The molecule has 0 radical (unpaired) electrons. The quantitative estimate of drug-likeness (QED) is 0.759. The van der Waals surface area contributed by atoms with Crippen LogP contribution >= 0.6 is 27.5 Å². The predicted octanol–water partition coefficient (Wildman–Crippen LogP) is 4.81. The SMILES string of the molecule is CC(C)c1nc(Br)cc(Oc2ccc(Cl)cc2)n1. The third-order valence-corrected chi connectivity index (χ3v) is 2.90. The number of benzene rings is 1. The van der Waals surface area contributed by atoms with Gasteiger partial charge < -0.3 is 4.74 Å². The first-order valence-electron chi connectivity index (χ1n) is 5.52. The van der Waals surface area contributed by atoms with E-state index >= 15 is 0 Å². The molecule has 2 aromatic rings. The molecule has 0 N–H and O–H groups in total. The van der Waals surface area contributed by atoms with E-state index in [2.05, 4.69) is 25.9 Å². The molecule has 0 unspecified atom stereocenters. The molecule has 94 valence electrons. The number of aromatic nitrogens is 2. The maximum absolute atomic E-state index is 5.82. The van der Waals surface area contributed by atoms with Crippen LogP contribution in [0.4, 0.5) is 0 Å². The first-order chi connectivity index (χ1) is 8.54. The second kappa shape index (κ2) is 5.67. The molecule has 0 bridgehead atoms. The second-order valence-electron chi connectivity index (χ2n) is 4.10. The van der Waals surface area contributed by atoms with Gasteiger partial charge in [-0.3, -0.25) is 0 Å². The molecule has 5 heteroatoms. The van der Waals surface area contributed by atoms with Crippen molar-refractivity contribution in [3.05, 3.63) is 45.8 Å². The van der Waals surface area contributed by atoms with E-state index < -0.39 is 0 Å². The summed E-state index contributed by atoms with van der Waals surface area (Å²) < 4.78 is 6.38. The highest BCUT2D eigenvalue weighted by Gasteiger charge is 2.08. The number of hydrogen-bond acceptors (Lipinski definition) is 3. The fourth-order valence-corrected chi connectivity index (χ4v) is 1.85. The van der Waals surface area contributed by atoms with E-state index in [-0.39, 0.29) is 5.92 Å². The molecular weight excluding hydrogens is 316 g/mol. The molecule has 0 aliphatic carbocycles. The molecule has 0 saturated carbocycles. The van der Waals surface area contributed by atoms with Crippen LogP contribution in [0.3, 0.4) is 0 Å². The number of nitrogens with zero attached hydrogens (tertiary/aromatic N) is 2. The minimum absolute atomic E-state index is 0.245. The lowest BCUT2D eigenvalue weighted by Gasteiger charge is -2.08. The number of rotatable bonds is 3. The maximum atomic E-state index is 5.82. The van der Waals surface area contributed by atoms with Crippen LogP contribution in [0, 0.1) is 0 Å². The van der Waals surface area contributed by atoms with Crippen molar-refractivity contribution >= 4 is 27.5 Å². The lowest BCUT2D eigenvalue weighted by molar-refractivity contribution is 0.456. The van der Waals surface area contributed by atoms with Gasteiger partial charge in [-0.2, -0.15) is 4.98 Å². The van der Waals surface area contributed by atoms with Crippen molar-refractivity contribution in [1.29, 1.82) is 0 Å². The summed E-state index contributed by atoms with van der Waals surface area (Å²) in [4.78, 5) is 8.65. The van der Waals surface area contributed by atoms with Crippen LogP contribution in [0.1, 0.15) is 25.6 Å². The van der Waals surface area contributed by atoms with Crippen LogP contribution in [-0.2, 0) is 0 Å². The first-order valence-corrected chi connectivity index (χ1v) is 6.69. The first kappa shape index (κ1) is 13.3. The molecule has 1 aromatic carbocycles. The molecular formula is C13H12BrClN2O. The highest BCUT2D eigenvalue weighted by molar-refractivity contribution is 9.10. The maximum Gasteiger partial charge on any atom is 0.223 e. The van der Waals surface area contributed by atoms with E-state index in [9.17, 15) is 0 Å². The van der Waals surface area contributed by atoms with Crippen LogP contribution in [-0.4, -0.2) is 9.97 Å². The molecule has 18 heavy (non-hydrogen) atoms. The molecule has 0 saturated heterocycles. The standard InChI is InChI=1S/C13H12BrClN2O/c1-8(2)13-16-11(14)7-12(17-13)18-10-5-3-9(15)4-6-10/h3-8H,1-2H3. The molecule has 0 amide bonds. The molecule has 0 aliphatic heterocycles. The van der Waals surface area contributed by atoms with E-state index in [1.54, 1.807) is 30.3 Å². The van der Waals surface area contributed by atoms with Crippen LogP contribution in [0.2, 0.25) is 5.02 Å². The van der Waals surface area contributed by atoms with Gasteiger partial charge in [-0.1, -0.05) is 25.4 Å². The monoisotopic (exact) mass is 326 g/mol. The lowest BCUT2D eigenvalue weighted by Crippen LogP contribution is -1.99. The zero-order valence-corrected chi connectivity index (χ0v) is 12.4. The summed E-state index contributed by atoms with van der Waals surface area (Å²) in [6, 6.07) is 8.88. The van der Waals surface area contributed by atoms with Gasteiger partial charge in [0.05, 0.1) is 0 Å². The fraction of sp³-hybridized carbons (Fsp3) is 0.231. The Bertz CT molecular complexity index is 543. The highest BCUT2D eigenvalue weighted by Crippen LogP contribution is 2.24. The van der Waals surface area contributed by atoms with Gasteiger partial charge in [-0.05, 0) is 40.2 Å². The molecule has 1 heterocycles. The summed E-state index contributed by atoms with van der Waals surface area (Å²) in [5, 5.41) is 0.675. The van der Waals surface area contributed by atoms with Crippen LogP contribution in [0.25, 0.3) is 0 Å². The van der Waals surface area contributed by atoms with Crippen molar-refractivity contribution in [2.45, 2.75) is 19.8 Å². The summed E-state index contributed by atoms with van der Waals surface area (Å²) in [5.41, 5.74) is 0. The van der Waals surface area contributed by atoms with Crippen LogP contribution < -0.4 is 4.74 Å². The smallest absolute Gasteiger partial charge is 0.223 e. The third kappa shape index (κ3) is 3.43. The predicted molar refractivity (Wildman–Crippen MR) is 75.3 cm³/mol. The Morgan fingerprint density at radius 1 is 1.17 bits per heavy atom. The zero-order valence-electron chi connectivity index (χ0n) is 10.0. The zero-order chi connectivity index (χ0) is 13.1. The fourth-order valence-electron chi connectivity index (χ4n) is 1.35. The molecule has 3 nitrogen and oxygen atoms in total. The van der Waals surface area contributed by atoms with Gasteiger partial charge >= 0.3 is 0 Å². The van der Waals surface area contributed by atoms with Gasteiger partial charge in [-0.15, -0.1) is 0 Å². The van der Waals surface area contributed by atoms with Gasteiger partial charge in [0.2, 0.25) is 5.88 Å². The largest absolute Gasteiger partial charge is 0.439 e. The number of halogens is 2. The van der Waals surface area contributed by atoms with E-state index in [1.807, 2.05) is 13.8 Å². The molecule has 0 aliphatic rings. The van der Waals surface area contributed by atoms with Crippen molar-refractivity contribution in [3.63, 3.8) is 0 Å². The Kier molecular flexibility index (Phi) is 4.19. The third-order valence-electron chi connectivity index (χ3n) is 2.24. The van der Waals surface area contributed by atoms with Crippen molar-refractivity contribution in [3.8, 4) is 11.6 Å². The summed E-state index contributed by atoms with van der Waals surface area (Å²) in [5.74, 6) is 2.20. The topological polar surface area (TPSA) is 35.0 Å². The summed E-state index contributed by atoms with van der Waals surface area (Å²) >= 11 is 9.17. The van der Waals surface area contributed by atoms with Gasteiger partial charge in [0.25, 0.3) is 0 Å². The van der Waals surface area contributed by atoms with E-state index in [1.165, 1.54) is 0 Å². The summed E-state index contributed by atoms with van der Waals surface area (Å²) in [7, 11) is 0. The number of ether oxygens (including phenoxy) is 1. The minimum atomic E-state index is 0.245. The second-order valence-corrected chi connectivity index (χ2v) is 5.35. The van der Waals surface area contributed by atoms with Gasteiger partial charge in [0, 0.05) is 17.0 Å². The lowest BCUT2D eigenvalue weighted by atomic mass is 10.2. The summed E-state index contributed by atoms with van der Waals surface area (Å²) in [6.45, 7) is 4.07. The average molecular weight is 328 g/mol. The Morgan fingerprint density at radius 2 is 1.83 bits per heavy atom. The van der Waals surface area contributed by atoms with Crippen molar-refractivity contribution < 1.29 is 4.74 Å². The van der Waals surface area contributed by atoms with Crippen molar-refractivity contribution in [2.24, 2.45) is 0 Å². The molecule has 0 spiro atoms. The number of hydrogen-bond donors (Lipinski definition) is 0. The molecule has 0 atom stereocenters. The van der Waals surface area contributed by atoms with Crippen molar-refractivity contribution in [2.75, 3.05) is 0 Å². The van der Waals surface area contributed by atoms with Crippen LogP contribution in [0.15, 0.2) is 34.9 Å². The Morgan fingerprint density at radius 3 is 2.44 bits per heavy atom. The van der Waals surface area contributed by atoms with E-state index in [0.29, 0.717) is 21.3 Å². The van der Waals surface area contributed by atoms with Gasteiger partial charge in [-0.25, -0.2) is 4.98 Å². The molecule has 0 fully saturated rings. The highest BCUT2D eigenvalue weighted by atomic mass is 79.9. The van der Waals surface area contributed by atoms with Crippen LogP contribution in [0.5, 0.6) is 11.6 Å². The molecule has 2 rings (SSSR count). The van der Waals surface area contributed by atoms with Gasteiger partial charge in [0.15, 0.2) is 0 Å². The molecule has 1 aromatic heterocycles. The van der Waals surface area contributed by atoms with Crippen molar-refractivity contribution in [1.82, 2.24) is 9.97 Å².